The Labute approximate surface area is 225 Å². The molecule has 1 rings (SSSR count). The highest BCUT2D eigenvalue weighted by Crippen LogP contribution is 2.13. The van der Waals surface area contributed by atoms with Gasteiger partial charge in [0.2, 0.25) is 21.8 Å². The second-order valence-electron chi connectivity index (χ2n) is 8.56. The van der Waals surface area contributed by atoms with E-state index in [1.807, 2.05) is 0 Å². The first-order valence-electron chi connectivity index (χ1n) is 12.0. The Balaban J connectivity index is 2.75. The highest BCUT2D eigenvalue weighted by Gasteiger charge is 2.25. The number of guanidine groups is 1. The maximum absolute atomic E-state index is 12.8. The van der Waals surface area contributed by atoms with Crippen molar-refractivity contribution < 1.29 is 27.7 Å². The lowest BCUT2D eigenvalue weighted by atomic mass is 10.1. The summed E-state index contributed by atoms with van der Waals surface area (Å²) in [5.74, 6) is -2.04. The molecule has 0 saturated heterocycles. The fraction of sp³-hybridized carbons (Fsp3) is 0.500. The molecule has 2 amide bonds. The lowest BCUT2D eigenvalue weighted by Crippen LogP contribution is -2.50. The number of nitrogens with zero attached hydrogens (tertiary/aromatic N) is 2. The van der Waals surface area contributed by atoms with E-state index in [0.717, 1.165) is 0 Å². The number of nitro benzene ring substituents is 1. The van der Waals surface area contributed by atoms with Crippen molar-refractivity contribution in [3.05, 3.63) is 39.9 Å². The number of non-ortho nitro benzene ring substituents is 1. The van der Waals surface area contributed by atoms with E-state index in [1.54, 1.807) is 0 Å². The lowest BCUT2D eigenvalue weighted by molar-refractivity contribution is -0.384. The van der Waals surface area contributed by atoms with Crippen molar-refractivity contribution in [2.24, 2.45) is 22.2 Å². The zero-order chi connectivity index (χ0) is 29.4. The molecule has 2 atom stereocenters. The lowest BCUT2D eigenvalue weighted by Gasteiger charge is -2.19. The number of amidine groups is 1. The second kappa shape index (κ2) is 16.7. The minimum Gasteiger partial charge on any atom is -0.388 e. The molecule has 0 unspecified atom stereocenters. The monoisotopic (exact) mass is 569 g/mol. The van der Waals surface area contributed by atoms with Gasteiger partial charge >= 0.3 is 0 Å². The first kappa shape index (κ1) is 32.9. The minimum atomic E-state index is -3.99. The molecule has 10 N–H and O–H groups in total. The van der Waals surface area contributed by atoms with Crippen LogP contribution >= 0.6 is 0 Å². The van der Waals surface area contributed by atoms with Gasteiger partial charge in [-0.2, -0.15) is 0 Å². The zero-order valence-corrected chi connectivity index (χ0v) is 22.1. The molecule has 216 valence electrons. The van der Waals surface area contributed by atoms with Gasteiger partial charge in [-0.25, -0.2) is 13.1 Å². The molecule has 0 aromatic heterocycles. The van der Waals surface area contributed by atoms with Crippen molar-refractivity contribution in [1.82, 2.24) is 15.4 Å². The number of sulfonamides is 1. The Morgan fingerprint density at radius 1 is 1.13 bits per heavy atom. The highest BCUT2D eigenvalue weighted by atomic mass is 32.2. The third-order valence-electron chi connectivity index (χ3n) is 5.29. The topological polar surface area (TPSA) is 279 Å². The fourth-order valence-electron chi connectivity index (χ4n) is 3.29. The Morgan fingerprint density at radius 3 is 2.36 bits per heavy atom. The van der Waals surface area contributed by atoms with E-state index >= 15 is 0 Å². The van der Waals surface area contributed by atoms with Crippen molar-refractivity contribution >= 4 is 45.6 Å². The molecule has 17 heteroatoms. The van der Waals surface area contributed by atoms with Gasteiger partial charge in [0.15, 0.2) is 5.96 Å². The smallest absolute Gasteiger partial charge is 0.269 e. The van der Waals surface area contributed by atoms with E-state index < -0.39 is 51.1 Å². The Kier molecular flexibility index (Phi) is 14.1. The number of nitro groups is 1. The summed E-state index contributed by atoms with van der Waals surface area (Å²) in [6.45, 7) is -0.372. The van der Waals surface area contributed by atoms with Crippen LogP contribution in [0, 0.1) is 15.5 Å². The van der Waals surface area contributed by atoms with Gasteiger partial charge in [0.05, 0.1) is 29.1 Å². The molecule has 0 aliphatic rings. The number of aryl methyl sites for hydroxylation is 1. The Hall–Kier alpha value is -4.12. The van der Waals surface area contributed by atoms with Gasteiger partial charge in [0, 0.05) is 25.1 Å². The number of benzene rings is 1. The summed E-state index contributed by atoms with van der Waals surface area (Å²) in [4.78, 5) is 50.2. The SMILES string of the molecule is N=C(N)CCC[C@@H](C=O)NC(=O)CNC(=O)[C@@H](CCCN=C(N)N)NS(=O)(=O)CCc1ccc([N+](=O)[O-])cc1. The summed E-state index contributed by atoms with van der Waals surface area (Å²) in [5, 5.41) is 22.8. The molecule has 1 aromatic rings. The summed E-state index contributed by atoms with van der Waals surface area (Å²) < 4.78 is 27.7. The quantitative estimate of drug-likeness (QED) is 0.0250. The maximum Gasteiger partial charge on any atom is 0.269 e. The van der Waals surface area contributed by atoms with Gasteiger partial charge in [-0.3, -0.25) is 30.1 Å². The number of nitrogens with two attached hydrogens (primary N) is 3. The number of nitrogens with one attached hydrogen (secondary N) is 4. The van der Waals surface area contributed by atoms with Crippen molar-refractivity contribution in [1.29, 1.82) is 5.41 Å². The number of hydrogen-bond acceptors (Lipinski definition) is 9. The van der Waals surface area contributed by atoms with E-state index in [4.69, 9.17) is 22.6 Å². The number of carbonyl (C=O) groups excluding carboxylic acids is 3. The molecule has 0 aliphatic carbocycles. The van der Waals surface area contributed by atoms with Crippen LogP contribution in [0.1, 0.15) is 37.7 Å². The molecule has 0 saturated carbocycles. The maximum atomic E-state index is 12.8. The van der Waals surface area contributed by atoms with E-state index in [-0.39, 0.29) is 56.1 Å². The highest BCUT2D eigenvalue weighted by molar-refractivity contribution is 7.89. The van der Waals surface area contributed by atoms with Crippen molar-refractivity contribution in [2.45, 2.75) is 50.6 Å². The number of aliphatic imine (C=N–C) groups is 1. The number of aldehydes is 1. The summed E-state index contributed by atoms with van der Waals surface area (Å²) in [6, 6.07) is 3.34. The van der Waals surface area contributed by atoms with Gasteiger partial charge in [0.1, 0.15) is 12.3 Å². The largest absolute Gasteiger partial charge is 0.388 e. The zero-order valence-electron chi connectivity index (χ0n) is 21.3. The summed E-state index contributed by atoms with van der Waals surface area (Å²) in [6.07, 6.45) is 1.76. The summed E-state index contributed by atoms with van der Waals surface area (Å²) in [5.41, 5.74) is 16.2. The Morgan fingerprint density at radius 2 is 1.79 bits per heavy atom. The number of carbonyl (C=O) groups is 3. The normalized spacial score (nSPS) is 12.5. The minimum absolute atomic E-state index is 0.0169. The van der Waals surface area contributed by atoms with E-state index in [1.165, 1.54) is 24.3 Å². The third kappa shape index (κ3) is 14.4. The van der Waals surface area contributed by atoms with Crippen LogP contribution in [0.4, 0.5) is 5.69 Å². The molecule has 0 spiro atoms. The van der Waals surface area contributed by atoms with Crippen LogP contribution in [0.15, 0.2) is 29.3 Å². The second-order valence-corrected chi connectivity index (χ2v) is 10.4. The van der Waals surface area contributed by atoms with Crippen molar-refractivity contribution in [2.75, 3.05) is 18.8 Å². The average Bonchev–Trinajstić information content (AvgIpc) is 2.87. The van der Waals surface area contributed by atoms with Crippen LogP contribution in [0.5, 0.6) is 0 Å². The third-order valence-corrected chi connectivity index (χ3v) is 6.67. The number of amides is 2. The van der Waals surface area contributed by atoms with Gasteiger partial charge < -0.3 is 32.6 Å². The Bertz CT molecular complexity index is 1140. The van der Waals surface area contributed by atoms with Gasteiger partial charge in [-0.1, -0.05) is 12.1 Å². The van der Waals surface area contributed by atoms with Crippen molar-refractivity contribution in [3.63, 3.8) is 0 Å². The number of hydrogen-bond donors (Lipinski definition) is 7. The summed E-state index contributed by atoms with van der Waals surface area (Å²) >= 11 is 0. The molecule has 0 heterocycles. The van der Waals surface area contributed by atoms with Crippen LogP contribution in [0.25, 0.3) is 0 Å². The van der Waals surface area contributed by atoms with Crippen LogP contribution < -0.4 is 32.6 Å². The molecule has 0 radical (unpaired) electrons. The standard InChI is InChI=1S/C22H35N9O7S/c23-19(24)5-1-3-16(14-32)29-20(33)13-28-21(34)18(4-2-11-27-22(25)26)30-39(37,38)12-10-15-6-8-17(9-7-15)31(35)36/h6-9,14,16,18,30H,1-5,10-13H2,(H3,23,24)(H,28,34)(H,29,33)(H4,25,26,27)/t16-,18+/m0/s1. The molecular weight excluding hydrogens is 534 g/mol. The van der Waals surface area contributed by atoms with E-state index in [9.17, 15) is 32.9 Å². The first-order chi connectivity index (χ1) is 18.3. The van der Waals surface area contributed by atoms with E-state index in [2.05, 4.69) is 20.3 Å². The molecule has 1 aromatic carbocycles. The van der Waals surface area contributed by atoms with Crippen molar-refractivity contribution in [3.8, 4) is 0 Å². The van der Waals surface area contributed by atoms with Crippen LogP contribution in [-0.4, -0.2) is 74.2 Å². The molecule has 16 nitrogen and oxygen atoms in total. The van der Waals surface area contributed by atoms with Gasteiger partial charge in [0.25, 0.3) is 5.69 Å². The first-order valence-corrected chi connectivity index (χ1v) is 13.6. The fourth-order valence-corrected chi connectivity index (χ4v) is 4.58. The average molecular weight is 570 g/mol. The molecule has 0 fully saturated rings. The van der Waals surface area contributed by atoms with Gasteiger partial charge in [-0.15, -0.1) is 0 Å². The van der Waals surface area contributed by atoms with E-state index in [0.29, 0.717) is 18.3 Å². The van der Waals surface area contributed by atoms with Gasteiger partial charge in [-0.05, 0) is 37.7 Å². The molecule has 0 bridgehead atoms. The summed E-state index contributed by atoms with van der Waals surface area (Å²) in [7, 11) is -3.99. The predicted molar refractivity (Wildman–Crippen MR) is 144 cm³/mol. The molecule has 39 heavy (non-hydrogen) atoms. The molecular formula is C22H35N9O7S. The predicted octanol–water partition coefficient (Wildman–Crippen LogP) is -1.61. The van der Waals surface area contributed by atoms with Crippen LogP contribution in [0.3, 0.4) is 0 Å². The molecule has 0 aliphatic heterocycles. The van der Waals surface area contributed by atoms with Crippen LogP contribution in [-0.2, 0) is 30.8 Å². The van der Waals surface area contributed by atoms with Crippen LogP contribution in [0.2, 0.25) is 0 Å². The number of rotatable bonds is 19.